The highest BCUT2D eigenvalue weighted by Crippen LogP contribution is 2.18. The Morgan fingerprint density at radius 3 is 1.52 bits per heavy atom. The molecule has 0 aliphatic heterocycles. The number of carbonyl (C=O) groups is 4. The lowest BCUT2D eigenvalue weighted by Crippen LogP contribution is -2.47. The molecular formula is C47H82N2O7. The van der Waals surface area contributed by atoms with Crippen molar-refractivity contribution in [1.82, 2.24) is 10.6 Å². The average molecular weight is 787 g/mol. The van der Waals surface area contributed by atoms with Gasteiger partial charge < -0.3 is 25.6 Å². The summed E-state index contributed by atoms with van der Waals surface area (Å²) in [6.45, 7) is 3.40. The van der Waals surface area contributed by atoms with Crippen LogP contribution in [0.4, 0.5) is 0 Å². The summed E-state index contributed by atoms with van der Waals surface area (Å²) in [5.74, 6) is -2.33. The van der Waals surface area contributed by atoms with E-state index in [9.17, 15) is 19.2 Å². The van der Waals surface area contributed by atoms with E-state index in [1.165, 1.54) is 57.8 Å². The number of carboxylic acid groups (broad SMARTS) is 1. The van der Waals surface area contributed by atoms with E-state index in [1.807, 2.05) is 0 Å². The summed E-state index contributed by atoms with van der Waals surface area (Å²) in [6, 6.07) is -1.39. The second-order valence-corrected chi connectivity index (χ2v) is 15.1. The van der Waals surface area contributed by atoms with Gasteiger partial charge in [0.05, 0.1) is 13.2 Å². The number of hydrogen-bond donors (Lipinski definition) is 4. The second-order valence-electron chi connectivity index (χ2n) is 15.1. The Labute approximate surface area is 341 Å². The van der Waals surface area contributed by atoms with Crippen molar-refractivity contribution in [3.63, 3.8) is 0 Å². The minimum absolute atomic E-state index is 0.0442. The maximum absolute atomic E-state index is 12.8. The Balaban J connectivity index is 4.41. The number of unbranched alkanes of at least 4 members (excludes halogenated alkanes) is 18. The smallest absolute Gasteiger partial charge is 0.328 e. The Morgan fingerprint density at radius 1 is 0.536 bits per heavy atom. The normalized spacial score (nSPS) is 12.9. The Bertz CT molecular complexity index is 1080. The van der Waals surface area contributed by atoms with E-state index in [1.54, 1.807) is 0 Å². The van der Waals surface area contributed by atoms with Crippen molar-refractivity contribution in [3.05, 3.63) is 48.6 Å². The predicted molar refractivity (Wildman–Crippen MR) is 231 cm³/mol. The molecule has 0 rings (SSSR count). The largest absolute Gasteiger partial charge is 0.480 e. The van der Waals surface area contributed by atoms with Crippen molar-refractivity contribution < 1.29 is 34.1 Å². The number of aliphatic carboxylic acids is 1. The van der Waals surface area contributed by atoms with Gasteiger partial charge in [0, 0.05) is 12.8 Å². The second kappa shape index (κ2) is 41.4. The van der Waals surface area contributed by atoms with Crippen LogP contribution in [0, 0.1) is 0 Å². The van der Waals surface area contributed by atoms with Gasteiger partial charge in [-0.3, -0.25) is 14.4 Å². The predicted octanol–water partition coefficient (Wildman–Crippen LogP) is 11.2. The van der Waals surface area contributed by atoms with Crippen LogP contribution in [0.15, 0.2) is 48.6 Å². The molecule has 0 saturated heterocycles. The Hall–Kier alpha value is -3.20. The summed E-state index contributed by atoms with van der Waals surface area (Å²) in [7, 11) is 0. The van der Waals surface area contributed by atoms with Gasteiger partial charge in [-0.1, -0.05) is 140 Å². The number of ether oxygens (including phenoxy) is 1. The molecule has 0 aliphatic rings. The number of esters is 1. The monoisotopic (exact) mass is 787 g/mol. The van der Waals surface area contributed by atoms with E-state index in [0.717, 1.165) is 109 Å². The molecule has 4 N–H and O–H groups in total. The molecule has 2 atom stereocenters. The van der Waals surface area contributed by atoms with Crippen LogP contribution in [0.3, 0.4) is 0 Å². The molecule has 56 heavy (non-hydrogen) atoms. The molecule has 0 aromatic carbocycles. The van der Waals surface area contributed by atoms with Gasteiger partial charge in [0.25, 0.3) is 0 Å². The molecule has 0 aromatic rings. The summed E-state index contributed by atoms with van der Waals surface area (Å²) < 4.78 is 6.02. The molecular weight excluding hydrogens is 705 g/mol. The molecule has 0 aromatic heterocycles. The number of aliphatic hydroxyl groups is 1. The van der Waals surface area contributed by atoms with Crippen LogP contribution in [0.25, 0.3) is 0 Å². The number of carboxylic acids is 1. The quantitative estimate of drug-likeness (QED) is 0.0275. The average Bonchev–Trinajstić information content (AvgIpc) is 3.18. The van der Waals surface area contributed by atoms with Crippen molar-refractivity contribution in [2.45, 2.75) is 212 Å². The molecule has 0 fully saturated rings. The zero-order valence-corrected chi connectivity index (χ0v) is 35.6. The summed E-state index contributed by atoms with van der Waals surface area (Å²) in [5.41, 5.74) is 0. The van der Waals surface area contributed by atoms with E-state index in [4.69, 9.17) is 14.9 Å². The molecule has 9 nitrogen and oxygen atoms in total. The SMILES string of the molecule is CCC/C=C\C/C=C\CCCCCCCC(=O)OC(CCCCC/C=C\C/C=C\CCCCCCC)CCCCCCCC(=O)NCC(=O)NC(CO)C(=O)O. The van der Waals surface area contributed by atoms with Crippen LogP contribution in [0.1, 0.15) is 200 Å². The zero-order chi connectivity index (χ0) is 41.2. The van der Waals surface area contributed by atoms with E-state index >= 15 is 0 Å². The summed E-state index contributed by atoms with van der Waals surface area (Å²) in [4.78, 5) is 47.6. The third-order valence-electron chi connectivity index (χ3n) is 9.78. The fourth-order valence-corrected chi connectivity index (χ4v) is 6.31. The van der Waals surface area contributed by atoms with Crippen molar-refractivity contribution in [1.29, 1.82) is 0 Å². The van der Waals surface area contributed by atoms with E-state index in [2.05, 4.69) is 73.1 Å². The maximum atomic E-state index is 12.8. The third kappa shape index (κ3) is 37.7. The zero-order valence-electron chi connectivity index (χ0n) is 35.6. The molecule has 2 amide bonds. The van der Waals surface area contributed by atoms with Gasteiger partial charge in [-0.15, -0.1) is 0 Å². The van der Waals surface area contributed by atoms with Crippen LogP contribution in [-0.4, -0.2) is 59.3 Å². The summed E-state index contributed by atoms with van der Waals surface area (Å²) >= 11 is 0. The highest BCUT2D eigenvalue weighted by Gasteiger charge is 2.19. The number of aliphatic hydroxyl groups excluding tert-OH is 1. The van der Waals surface area contributed by atoms with Gasteiger partial charge in [0.15, 0.2) is 0 Å². The van der Waals surface area contributed by atoms with E-state index in [0.29, 0.717) is 12.8 Å². The number of carbonyl (C=O) groups excluding carboxylic acids is 3. The molecule has 9 heteroatoms. The van der Waals surface area contributed by atoms with Crippen LogP contribution in [-0.2, 0) is 23.9 Å². The molecule has 0 heterocycles. The number of rotatable bonds is 40. The van der Waals surface area contributed by atoms with Crippen LogP contribution in [0.5, 0.6) is 0 Å². The van der Waals surface area contributed by atoms with Crippen LogP contribution < -0.4 is 10.6 Å². The van der Waals surface area contributed by atoms with Gasteiger partial charge >= 0.3 is 11.9 Å². The number of hydrogen-bond acceptors (Lipinski definition) is 6. The van der Waals surface area contributed by atoms with Crippen molar-refractivity contribution in [3.8, 4) is 0 Å². The van der Waals surface area contributed by atoms with Crippen molar-refractivity contribution in [2.75, 3.05) is 13.2 Å². The lowest BCUT2D eigenvalue weighted by atomic mass is 10.0. The highest BCUT2D eigenvalue weighted by molar-refractivity contribution is 5.87. The Kier molecular flexibility index (Phi) is 39.1. The van der Waals surface area contributed by atoms with Gasteiger partial charge in [-0.25, -0.2) is 4.79 Å². The first-order valence-electron chi connectivity index (χ1n) is 22.5. The fraction of sp³-hybridized carbons (Fsp3) is 0.745. The molecule has 0 radical (unpaired) electrons. The lowest BCUT2D eigenvalue weighted by molar-refractivity contribution is -0.150. The first-order chi connectivity index (χ1) is 27.3. The van der Waals surface area contributed by atoms with Gasteiger partial charge in [0.2, 0.25) is 11.8 Å². The molecule has 0 saturated carbocycles. The van der Waals surface area contributed by atoms with Gasteiger partial charge in [0.1, 0.15) is 12.1 Å². The Morgan fingerprint density at radius 2 is 1.00 bits per heavy atom. The fourth-order valence-electron chi connectivity index (χ4n) is 6.31. The number of allylic oxidation sites excluding steroid dienone is 8. The topological polar surface area (TPSA) is 142 Å². The summed E-state index contributed by atoms with van der Waals surface area (Å²) in [5, 5.41) is 22.6. The van der Waals surface area contributed by atoms with Gasteiger partial charge in [-0.05, 0) is 96.3 Å². The number of nitrogens with one attached hydrogen (secondary N) is 2. The van der Waals surface area contributed by atoms with Crippen molar-refractivity contribution >= 4 is 23.8 Å². The number of amides is 2. The molecule has 0 bridgehead atoms. The molecule has 322 valence electrons. The lowest BCUT2D eigenvalue weighted by Gasteiger charge is -2.18. The van der Waals surface area contributed by atoms with E-state index < -0.39 is 24.5 Å². The van der Waals surface area contributed by atoms with Crippen LogP contribution in [0.2, 0.25) is 0 Å². The maximum Gasteiger partial charge on any atom is 0.328 e. The molecule has 0 aliphatic carbocycles. The van der Waals surface area contributed by atoms with Crippen molar-refractivity contribution in [2.24, 2.45) is 0 Å². The third-order valence-corrected chi connectivity index (χ3v) is 9.78. The van der Waals surface area contributed by atoms with Gasteiger partial charge in [-0.2, -0.15) is 0 Å². The first-order valence-corrected chi connectivity index (χ1v) is 22.5. The standard InChI is InChI=1S/C47H82N2O7/c1-3-5-7-9-11-13-15-17-18-20-21-23-25-28-32-36-42(56-46(53)39-35-31-26-24-22-19-16-14-12-10-8-6-4-2)37-33-29-27-30-34-38-44(51)48-40-45(52)49-43(41-50)47(54)55/h8,10,14-17,20-21,42-43,50H,3-7,9,11-13,18-19,22-41H2,1-2H3,(H,48,51)(H,49,52)(H,54,55)/b10-8-,16-14-,17-15-,21-20-. The molecule has 2 unspecified atom stereocenters. The minimum atomic E-state index is -1.39. The van der Waals surface area contributed by atoms with E-state index in [-0.39, 0.29) is 30.9 Å². The highest BCUT2D eigenvalue weighted by atomic mass is 16.5. The van der Waals surface area contributed by atoms with Crippen LogP contribution >= 0.6 is 0 Å². The summed E-state index contributed by atoms with van der Waals surface area (Å²) in [6.07, 6.45) is 48.4. The first kappa shape index (κ1) is 52.8. The minimum Gasteiger partial charge on any atom is -0.480 e. The molecule has 0 spiro atoms.